The SMILES string of the molecule is O=C(N1CCOCC1)N1CCN(c2ccccc2S(=O)(=O)C(F)(F)F)CC1. The van der Waals surface area contributed by atoms with E-state index < -0.39 is 20.2 Å². The van der Waals surface area contributed by atoms with Crippen molar-refractivity contribution in [2.75, 3.05) is 57.4 Å². The Balaban J connectivity index is 1.73. The molecule has 11 heteroatoms. The Morgan fingerprint density at radius 3 is 2.07 bits per heavy atom. The van der Waals surface area contributed by atoms with Crippen molar-refractivity contribution < 1.29 is 31.1 Å². The van der Waals surface area contributed by atoms with Crippen molar-refractivity contribution in [3.05, 3.63) is 24.3 Å². The maximum atomic E-state index is 13.0. The maximum absolute atomic E-state index is 13.0. The molecular weight excluding hydrogens is 387 g/mol. The molecule has 0 radical (unpaired) electrons. The van der Waals surface area contributed by atoms with E-state index in [1.165, 1.54) is 18.2 Å². The third-order valence-electron chi connectivity index (χ3n) is 4.63. The monoisotopic (exact) mass is 407 g/mol. The van der Waals surface area contributed by atoms with E-state index in [-0.39, 0.29) is 24.8 Å². The van der Waals surface area contributed by atoms with Crippen LogP contribution in [0, 0.1) is 0 Å². The van der Waals surface area contributed by atoms with Crippen LogP contribution in [-0.2, 0) is 14.6 Å². The first-order chi connectivity index (χ1) is 12.7. The average Bonchev–Trinajstić information content (AvgIpc) is 2.67. The van der Waals surface area contributed by atoms with Crippen LogP contribution in [-0.4, -0.2) is 82.2 Å². The van der Waals surface area contributed by atoms with Crippen molar-refractivity contribution in [3.63, 3.8) is 0 Å². The number of alkyl halides is 3. The van der Waals surface area contributed by atoms with Crippen molar-refractivity contribution in [1.82, 2.24) is 9.80 Å². The van der Waals surface area contributed by atoms with E-state index in [4.69, 9.17) is 4.74 Å². The number of benzene rings is 1. The highest BCUT2D eigenvalue weighted by Gasteiger charge is 2.48. The van der Waals surface area contributed by atoms with Crippen LogP contribution in [0.1, 0.15) is 0 Å². The first-order valence-corrected chi connectivity index (χ1v) is 9.97. The first kappa shape index (κ1) is 19.7. The number of para-hydroxylation sites is 1. The van der Waals surface area contributed by atoms with Crippen LogP contribution < -0.4 is 4.90 Å². The van der Waals surface area contributed by atoms with E-state index >= 15 is 0 Å². The van der Waals surface area contributed by atoms with Gasteiger partial charge < -0.3 is 19.4 Å². The number of amides is 2. The Morgan fingerprint density at radius 1 is 0.926 bits per heavy atom. The molecular formula is C16H20F3N3O4S. The number of hydrogen-bond donors (Lipinski definition) is 0. The average molecular weight is 407 g/mol. The molecule has 150 valence electrons. The van der Waals surface area contributed by atoms with Crippen LogP contribution in [0.2, 0.25) is 0 Å². The van der Waals surface area contributed by atoms with Gasteiger partial charge in [-0.1, -0.05) is 12.1 Å². The number of halogens is 3. The lowest BCUT2D eigenvalue weighted by Gasteiger charge is -2.39. The summed E-state index contributed by atoms with van der Waals surface area (Å²) >= 11 is 0. The molecule has 7 nitrogen and oxygen atoms in total. The Bertz CT molecular complexity index is 786. The Kier molecular flexibility index (Phi) is 5.52. The number of urea groups is 1. The number of piperazine rings is 1. The zero-order valence-corrected chi connectivity index (χ0v) is 15.3. The number of nitrogens with zero attached hydrogens (tertiary/aromatic N) is 3. The highest BCUT2D eigenvalue weighted by molar-refractivity contribution is 7.92. The van der Waals surface area contributed by atoms with Crippen LogP contribution >= 0.6 is 0 Å². The van der Waals surface area contributed by atoms with Gasteiger partial charge in [0.2, 0.25) is 0 Å². The third kappa shape index (κ3) is 3.98. The van der Waals surface area contributed by atoms with Crippen molar-refractivity contribution in [2.45, 2.75) is 10.4 Å². The molecule has 0 atom stereocenters. The van der Waals surface area contributed by atoms with Gasteiger partial charge >= 0.3 is 11.5 Å². The van der Waals surface area contributed by atoms with E-state index in [1.54, 1.807) is 14.7 Å². The second kappa shape index (κ2) is 7.55. The molecule has 3 rings (SSSR count). The van der Waals surface area contributed by atoms with Crippen LogP contribution in [0.3, 0.4) is 0 Å². The number of ether oxygens (including phenoxy) is 1. The fourth-order valence-electron chi connectivity index (χ4n) is 3.16. The topological polar surface area (TPSA) is 70.2 Å². The lowest BCUT2D eigenvalue weighted by atomic mass is 10.2. The summed E-state index contributed by atoms with van der Waals surface area (Å²) in [5, 5.41) is 0. The predicted octanol–water partition coefficient (Wildman–Crippen LogP) is 1.55. The molecule has 2 aliphatic rings. The summed E-state index contributed by atoms with van der Waals surface area (Å²) in [6, 6.07) is 4.95. The van der Waals surface area contributed by atoms with Crippen molar-refractivity contribution in [3.8, 4) is 0 Å². The molecule has 2 fully saturated rings. The van der Waals surface area contributed by atoms with E-state index in [2.05, 4.69) is 0 Å². The molecule has 2 saturated heterocycles. The Labute approximate surface area is 155 Å². The molecule has 1 aromatic rings. The van der Waals surface area contributed by atoms with Crippen molar-refractivity contribution in [1.29, 1.82) is 0 Å². The molecule has 2 amide bonds. The number of carbonyl (C=O) groups is 1. The van der Waals surface area contributed by atoms with Gasteiger partial charge in [-0.3, -0.25) is 0 Å². The normalized spacial score (nSPS) is 19.3. The van der Waals surface area contributed by atoms with Crippen LogP contribution in [0.4, 0.5) is 23.7 Å². The number of anilines is 1. The van der Waals surface area contributed by atoms with E-state index in [9.17, 15) is 26.4 Å². The van der Waals surface area contributed by atoms with E-state index in [0.29, 0.717) is 39.4 Å². The molecule has 0 N–H and O–H groups in total. The Hall–Kier alpha value is -2.01. The van der Waals surface area contributed by atoms with Gasteiger partial charge in [0.15, 0.2) is 0 Å². The molecule has 0 unspecified atom stereocenters. The maximum Gasteiger partial charge on any atom is 0.501 e. The van der Waals surface area contributed by atoms with Crippen molar-refractivity contribution >= 4 is 21.6 Å². The molecule has 2 aliphatic heterocycles. The molecule has 1 aromatic carbocycles. The summed E-state index contributed by atoms with van der Waals surface area (Å²) in [6.45, 7) is 3.08. The molecule has 27 heavy (non-hydrogen) atoms. The van der Waals surface area contributed by atoms with Gasteiger partial charge in [-0.2, -0.15) is 13.2 Å². The van der Waals surface area contributed by atoms with E-state index in [0.717, 1.165) is 6.07 Å². The zero-order chi connectivity index (χ0) is 19.7. The number of rotatable bonds is 2. The minimum atomic E-state index is -5.45. The van der Waals surface area contributed by atoms with E-state index in [1.807, 2.05) is 0 Å². The summed E-state index contributed by atoms with van der Waals surface area (Å²) in [5.41, 5.74) is -5.36. The van der Waals surface area contributed by atoms with Crippen LogP contribution in [0.5, 0.6) is 0 Å². The minimum absolute atomic E-state index is 0.00768. The number of morpholine rings is 1. The summed E-state index contributed by atoms with van der Waals surface area (Å²) < 4.78 is 67.8. The number of hydrogen-bond acceptors (Lipinski definition) is 5. The fourth-order valence-corrected chi connectivity index (χ4v) is 4.14. The summed E-state index contributed by atoms with van der Waals surface area (Å²) in [4.78, 5) is 16.6. The van der Waals surface area contributed by atoms with Gasteiger partial charge in [0.25, 0.3) is 9.84 Å². The molecule has 0 aliphatic carbocycles. The smallest absolute Gasteiger partial charge is 0.378 e. The lowest BCUT2D eigenvalue weighted by Crippen LogP contribution is -2.55. The Morgan fingerprint density at radius 2 is 1.48 bits per heavy atom. The highest BCUT2D eigenvalue weighted by atomic mass is 32.2. The zero-order valence-electron chi connectivity index (χ0n) is 14.5. The quantitative estimate of drug-likeness (QED) is 0.744. The molecule has 0 spiro atoms. The van der Waals surface area contributed by atoms with Gasteiger partial charge in [-0.25, -0.2) is 13.2 Å². The fraction of sp³-hybridized carbons (Fsp3) is 0.562. The number of carbonyl (C=O) groups excluding carboxylic acids is 1. The van der Waals surface area contributed by atoms with Gasteiger partial charge in [-0.15, -0.1) is 0 Å². The van der Waals surface area contributed by atoms with Crippen LogP contribution in [0.25, 0.3) is 0 Å². The van der Waals surface area contributed by atoms with Gasteiger partial charge in [0.1, 0.15) is 0 Å². The summed E-state index contributed by atoms with van der Waals surface area (Å²) in [7, 11) is -5.45. The lowest BCUT2D eigenvalue weighted by molar-refractivity contribution is -0.0435. The predicted molar refractivity (Wildman–Crippen MR) is 91.3 cm³/mol. The molecule has 0 aromatic heterocycles. The number of sulfone groups is 1. The van der Waals surface area contributed by atoms with Gasteiger partial charge in [0, 0.05) is 39.3 Å². The van der Waals surface area contributed by atoms with Gasteiger partial charge in [-0.05, 0) is 12.1 Å². The molecule has 0 bridgehead atoms. The highest BCUT2D eigenvalue weighted by Crippen LogP contribution is 2.36. The van der Waals surface area contributed by atoms with Crippen LogP contribution in [0.15, 0.2) is 29.2 Å². The second-order valence-electron chi connectivity index (χ2n) is 6.27. The second-order valence-corrected chi connectivity index (χ2v) is 8.18. The standard InChI is InChI=1S/C16H20F3N3O4S/c17-16(18,19)27(24,25)14-4-2-1-3-13(14)20-5-7-21(8-6-20)15(23)22-9-11-26-12-10-22/h1-4H,5-12H2. The molecule has 0 saturated carbocycles. The minimum Gasteiger partial charge on any atom is -0.378 e. The largest absolute Gasteiger partial charge is 0.501 e. The summed E-state index contributed by atoms with van der Waals surface area (Å²) in [6.07, 6.45) is 0. The van der Waals surface area contributed by atoms with Gasteiger partial charge in [0.05, 0.1) is 23.8 Å². The summed E-state index contributed by atoms with van der Waals surface area (Å²) in [5.74, 6) is 0. The molecule has 2 heterocycles. The third-order valence-corrected chi connectivity index (χ3v) is 6.17. The van der Waals surface area contributed by atoms with Crippen molar-refractivity contribution in [2.24, 2.45) is 0 Å². The first-order valence-electron chi connectivity index (χ1n) is 8.49.